The van der Waals surface area contributed by atoms with Crippen molar-refractivity contribution in [1.82, 2.24) is 4.90 Å². The minimum absolute atomic E-state index is 0.00139. The van der Waals surface area contributed by atoms with Gasteiger partial charge in [-0.05, 0) is 67.8 Å². The fourth-order valence-corrected chi connectivity index (χ4v) is 3.25. The molecule has 6 heteroatoms. The van der Waals surface area contributed by atoms with Gasteiger partial charge in [-0.1, -0.05) is 12.1 Å². The van der Waals surface area contributed by atoms with Crippen LogP contribution in [0.2, 0.25) is 0 Å². The Morgan fingerprint density at radius 3 is 2.40 bits per heavy atom. The van der Waals surface area contributed by atoms with Crippen LogP contribution >= 0.6 is 0 Å². The van der Waals surface area contributed by atoms with Crippen LogP contribution in [0.5, 0.6) is 17.2 Å². The lowest BCUT2D eigenvalue weighted by Crippen LogP contribution is -2.32. The number of hydrogen-bond donors (Lipinski definition) is 0. The second-order valence-corrected chi connectivity index (χ2v) is 6.94. The Morgan fingerprint density at radius 2 is 1.73 bits per heavy atom. The van der Waals surface area contributed by atoms with Gasteiger partial charge in [0.1, 0.15) is 5.75 Å². The maximum absolute atomic E-state index is 12.5. The Kier molecular flexibility index (Phi) is 7.49. The number of nitrogens with zero attached hydrogens (tertiary/aromatic N) is 1. The van der Waals surface area contributed by atoms with E-state index >= 15 is 0 Å². The zero-order valence-corrected chi connectivity index (χ0v) is 17.4. The van der Waals surface area contributed by atoms with Crippen LogP contribution in [0.3, 0.4) is 0 Å². The van der Waals surface area contributed by atoms with Crippen molar-refractivity contribution in [1.29, 1.82) is 0 Å². The van der Waals surface area contributed by atoms with Crippen molar-refractivity contribution in [3.63, 3.8) is 0 Å². The van der Waals surface area contributed by atoms with Crippen molar-refractivity contribution < 1.29 is 23.8 Å². The van der Waals surface area contributed by atoms with Crippen molar-refractivity contribution in [2.45, 2.75) is 19.8 Å². The van der Waals surface area contributed by atoms with Crippen LogP contribution in [0.15, 0.2) is 48.5 Å². The molecule has 1 saturated heterocycles. The minimum atomic E-state index is -0.122. The van der Waals surface area contributed by atoms with Crippen molar-refractivity contribution in [2.75, 3.05) is 33.4 Å². The number of likely N-dealkylation sites (tertiary alicyclic amines) is 1. The Balaban J connectivity index is 1.57. The third-order valence-corrected chi connectivity index (χ3v) is 4.87. The molecular formula is C24H27NO5. The maximum atomic E-state index is 12.5. The molecule has 1 aliphatic rings. The quantitative estimate of drug-likeness (QED) is 0.463. The van der Waals surface area contributed by atoms with E-state index in [0.29, 0.717) is 29.4 Å². The molecule has 0 saturated carbocycles. The summed E-state index contributed by atoms with van der Waals surface area (Å²) in [6.07, 6.45) is 5.37. The molecule has 0 N–H and O–H groups in total. The summed E-state index contributed by atoms with van der Waals surface area (Å²) in [6, 6.07) is 12.3. The fraction of sp³-hybridized carbons (Fsp3) is 0.333. The number of hydrogen-bond acceptors (Lipinski definition) is 5. The lowest BCUT2D eigenvalue weighted by atomic mass is 10.1. The first-order valence-corrected chi connectivity index (χ1v) is 10.1. The third kappa shape index (κ3) is 5.63. The van der Waals surface area contributed by atoms with Crippen LogP contribution in [0.4, 0.5) is 0 Å². The number of allylic oxidation sites excluding steroid dienone is 1. The number of carbonyl (C=O) groups excluding carboxylic acids is 2. The molecule has 0 bridgehead atoms. The van der Waals surface area contributed by atoms with E-state index in [0.717, 1.165) is 31.5 Å². The van der Waals surface area contributed by atoms with Crippen LogP contribution in [0.1, 0.15) is 35.7 Å². The number of methoxy groups -OCH3 is 1. The van der Waals surface area contributed by atoms with Gasteiger partial charge < -0.3 is 19.1 Å². The van der Waals surface area contributed by atoms with E-state index in [-0.39, 0.29) is 18.3 Å². The highest BCUT2D eigenvalue weighted by molar-refractivity contribution is 6.06. The first kappa shape index (κ1) is 21.4. The van der Waals surface area contributed by atoms with Gasteiger partial charge in [0.15, 0.2) is 23.9 Å². The van der Waals surface area contributed by atoms with E-state index in [9.17, 15) is 9.59 Å². The molecule has 0 unspecified atom stereocenters. The van der Waals surface area contributed by atoms with Gasteiger partial charge in [0.2, 0.25) is 0 Å². The van der Waals surface area contributed by atoms with Crippen molar-refractivity contribution in [2.24, 2.45) is 0 Å². The van der Waals surface area contributed by atoms with Crippen LogP contribution < -0.4 is 14.2 Å². The average molecular weight is 409 g/mol. The Morgan fingerprint density at radius 1 is 1.00 bits per heavy atom. The molecule has 1 aliphatic heterocycles. The first-order valence-electron chi connectivity index (χ1n) is 10.1. The molecule has 6 nitrogen and oxygen atoms in total. The highest BCUT2D eigenvalue weighted by atomic mass is 16.5. The number of carbonyl (C=O) groups is 2. The molecule has 3 rings (SSSR count). The zero-order chi connectivity index (χ0) is 21.3. The molecule has 0 aliphatic carbocycles. The van der Waals surface area contributed by atoms with Gasteiger partial charge in [-0.2, -0.15) is 0 Å². The normalized spacial score (nSPS) is 13.5. The van der Waals surface area contributed by atoms with Crippen LogP contribution in [-0.4, -0.2) is 50.0 Å². The summed E-state index contributed by atoms with van der Waals surface area (Å²) in [6.45, 7) is 4.07. The maximum Gasteiger partial charge on any atom is 0.260 e. The summed E-state index contributed by atoms with van der Waals surface area (Å²) in [7, 11) is 1.59. The summed E-state index contributed by atoms with van der Waals surface area (Å²) in [5.41, 5.74) is 1.39. The second-order valence-electron chi connectivity index (χ2n) is 6.94. The Bertz CT molecular complexity index is 898. The summed E-state index contributed by atoms with van der Waals surface area (Å²) in [4.78, 5) is 26.3. The largest absolute Gasteiger partial charge is 0.493 e. The van der Waals surface area contributed by atoms with Crippen LogP contribution in [-0.2, 0) is 4.79 Å². The zero-order valence-electron chi connectivity index (χ0n) is 17.4. The molecule has 0 atom stereocenters. The highest BCUT2D eigenvalue weighted by Crippen LogP contribution is 2.28. The van der Waals surface area contributed by atoms with E-state index < -0.39 is 0 Å². The SMILES string of the molecule is CCOc1cc(/C=C/C(=O)c2ccc(OCC(=O)N3CCCC3)cc2)ccc1OC. The topological polar surface area (TPSA) is 65.1 Å². The number of benzene rings is 2. The van der Waals surface area contributed by atoms with Crippen molar-refractivity contribution in [3.05, 3.63) is 59.7 Å². The third-order valence-electron chi connectivity index (χ3n) is 4.87. The Hall–Kier alpha value is -3.28. The number of amides is 1. The number of ketones is 1. The lowest BCUT2D eigenvalue weighted by Gasteiger charge is -2.15. The van der Waals surface area contributed by atoms with Crippen LogP contribution in [0, 0.1) is 0 Å². The molecule has 1 fully saturated rings. The number of rotatable bonds is 9. The smallest absolute Gasteiger partial charge is 0.260 e. The molecule has 1 heterocycles. The number of ether oxygens (including phenoxy) is 3. The summed E-state index contributed by atoms with van der Waals surface area (Å²) in [5.74, 6) is 1.74. The molecule has 0 aromatic heterocycles. The first-order chi connectivity index (χ1) is 14.6. The standard InChI is InChI=1S/C24H27NO5/c1-3-29-23-16-18(7-13-22(23)28-2)6-12-21(26)19-8-10-20(11-9-19)30-17-24(27)25-14-4-5-15-25/h6-13,16H,3-5,14-15,17H2,1-2H3/b12-6+. The summed E-state index contributed by atoms with van der Waals surface area (Å²) in [5, 5.41) is 0. The summed E-state index contributed by atoms with van der Waals surface area (Å²) < 4.78 is 16.4. The molecular weight excluding hydrogens is 382 g/mol. The van der Waals surface area contributed by atoms with E-state index in [1.165, 1.54) is 6.08 Å². The Labute approximate surface area is 177 Å². The van der Waals surface area contributed by atoms with Gasteiger partial charge in [0.05, 0.1) is 13.7 Å². The minimum Gasteiger partial charge on any atom is -0.493 e. The monoisotopic (exact) mass is 409 g/mol. The van der Waals surface area contributed by atoms with Crippen LogP contribution in [0.25, 0.3) is 6.08 Å². The molecule has 2 aromatic carbocycles. The van der Waals surface area contributed by atoms with Gasteiger partial charge in [-0.3, -0.25) is 9.59 Å². The second kappa shape index (κ2) is 10.5. The van der Waals surface area contributed by atoms with Gasteiger partial charge >= 0.3 is 0 Å². The summed E-state index contributed by atoms with van der Waals surface area (Å²) >= 11 is 0. The van der Waals surface area contributed by atoms with Gasteiger partial charge in [-0.15, -0.1) is 0 Å². The van der Waals surface area contributed by atoms with Gasteiger partial charge in [-0.25, -0.2) is 0 Å². The fourth-order valence-electron chi connectivity index (χ4n) is 3.25. The molecule has 30 heavy (non-hydrogen) atoms. The van der Waals surface area contributed by atoms with Crippen molar-refractivity contribution >= 4 is 17.8 Å². The van der Waals surface area contributed by atoms with E-state index in [1.54, 1.807) is 37.5 Å². The van der Waals surface area contributed by atoms with Crippen molar-refractivity contribution in [3.8, 4) is 17.2 Å². The molecule has 0 spiro atoms. The molecule has 2 aromatic rings. The van der Waals surface area contributed by atoms with E-state index in [2.05, 4.69) is 0 Å². The van der Waals surface area contributed by atoms with Gasteiger partial charge in [0, 0.05) is 18.7 Å². The predicted octanol–water partition coefficient (Wildman–Crippen LogP) is 3.99. The molecule has 0 radical (unpaired) electrons. The van der Waals surface area contributed by atoms with E-state index in [1.807, 2.05) is 30.0 Å². The lowest BCUT2D eigenvalue weighted by molar-refractivity contribution is -0.132. The van der Waals surface area contributed by atoms with E-state index in [4.69, 9.17) is 14.2 Å². The average Bonchev–Trinajstić information content (AvgIpc) is 3.32. The molecule has 158 valence electrons. The predicted molar refractivity (Wildman–Crippen MR) is 115 cm³/mol. The molecule has 1 amide bonds. The van der Waals surface area contributed by atoms with Gasteiger partial charge in [0.25, 0.3) is 5.91 Å². The highest BCUT2D eigenvalue weighted by Gasteiger charge is 2.18.